The maximum Gasteiger partial charge on any atom is 0.302 e. The Balaban J connectivity index is 0.000000157. The topological polar surface area (TPSA) is 127 Å². The number of fused-ring (bicyclic) bond motifs is 10. The molecular formula is C42H64O8. The SMILES string of the molecule is CC(=O)O[C@H]1CC[C@]2(C)[C@H]3CC[C@]4(C)C(=O)CC[C@H]4[C@@H]3CC[C@]2(O)C1.CC(=O)O[C@H]1CC[C@]2(C)[C@H]3CC[C@]4(C)C(=O)CC[C@H]4[C@@H]3CC[C@]2(O)C1. The van der Waals surface area contributed by atoms with Crippen molar-refractivity contribution in [2.75, 3.05) is 0 Å². The Morgan fingerprint density at radius 1 is 0.540 bits per heavy atom. The van der Waals surface area contributed by atoms with E-state index < -0.39 is 11.2 Å². The molecule has 280 valence electrons. The minimum atomic E-state index is -0.733. The van der Waals surface area contributed by atoms with E-state index in [1.807, 2.05) is 0 Å². The molecule has 0 aromatic rings. The van der Waals surface area contributed by atoms with Gasteiger partial charge in [0.05, 0.1) is 11.2 Å². The highest BCUT2D eigenvalue weighted by Gasteiger charge is 2.66. The second-order valence-electron chi connectivity index (χ2n) is 19.5. The zero-order chi connectivity index (χ0) is 36.1. The lowest BCUT2D eigenvalue weighted by Crippen LogP contribution is -2.63. The third-order valence-corrected chi connectivity index (χ3v) is 17.6. The molecule has 50 heavy (non-hydrogen) atoms. The fourth-order valence-electron chi connectivity index (χ4n) is 14.6. The summed E-state index contributed by atoms with van der Waals surface area (Å²) >= 11 is 0. The van der Waals surface area contributed by atoms with E-state index in [1.165, 1.54) is 13.8 Å². The molecule has 0 radical (unpaired) electrons. The van der Waals surface area contributed by atoms with Crippen molar-refractivity contribution in [2.24, 2.45) is 57.2 Å². The number of Topliss-reactive ketones (excluding diaryl/α,β-unsaturated/α-hetero) is 2. The van der Waals surface area contributed by atoms with Crippen LogP contribution in [-0.2, 0) is 28.7 Å². The molecule has 0 saturated heterocycles. The Hall–Kier alpha value is -1.80. The van der Waals surface area contributed by atoms with E-state index in [2.05, 4.69) is 27.7 Å². The summed E-state index contributed by atoms with van der Waals surface area (Å²) in [5.74, 6) is 3.59. The van der Waals surface area contributed by atoms with Crippen LogP contribution < -0.4 is 0 Å². The van der Waals surface area contributed by atoms with E-state index in [0.29, 0.717) is 59.9 Å². The van der Waals surface area contributed by atoms with Crippen LogP contribution in [0.5, 0.6) is 0 Å². The summed E-state index contributed by atoms with van der Waals surface area (Å²) in [4.78, 5) is 47.6. The van der Waals surface area contributed by atoms with Crippen molar-refractivity contribution in [3.63, 3.8) is 0 Å². The Morgan fingerprint density at radius 3 is 1.28 bits per heavy atom. The average molecular weight is 697 g/mol. The van der Waals surface area contributed by atoms with Gasteiger partial charge >= 0.3 is 11.9 Å². The summed E-state index contributed by atoms with van der Waals surface area (Å²) in [6, 6.07) is 0. The van der Waals surface area contributed by atoms with Crippen LogP contribution in [0.15, 0.2) is 0 Å². The van der Waals surface area contributed by atoms with Gasteiger partial charge in [-0.05, 0) is 136 Å². The summed E-state index contributed by atoms with van der Waals surface area (Å²) in [5.41, 5.74) is -1.91. The van der Waals surface area contributed by atoms with Gasteiger partial charge in [0.2, 0.25) is 0 Å². The normalized spacial score (nSPS) is 52.1. The van der Waals surface area contributed by atoms with Crippen LogP contribution in [-0.4, -0.2) is 57.1 Å². The first-order chi connectivity index (χ1) is 23.4. The van der Waals surface area contributed by atoms with Gasteiger partial charge in [0, 0.05) is 50.4 Å². The highest BCUT2D eigenvalue weighted by Crippen LogP contribution is 2.68. The molecule has 8 fully saturated rings. The molecule has 8 nitrogen and oxygen atoms in total. The van der Waals surface area contributed by atoms with Gasteiger partial charge in [-0.3, -0.25) is 19.2 Å². The summed E-state index contributed by atoms with van der Waals surface area (Å²) in [6.45, 7) is 11.8. The van der Waals surface area contributed by atoms with Crippen molar-refractivity contribution in [1.29, 1.82) is 0 Å². The predicted octanol–water partition coefficient (Wildman–Crippen LogP) is 7.29. The molecule has 2 N–H and O–H groups in total. The molecule has 0 spiro atoms. The molecule has 14 atom stereocenters. The van der Waals surface area contributed by atoms with Gasteiger partial charge in [0.25, 0.3) is 0 Å². The van der Waals surface area contributed by atoms with Gasteiger partial charge < -0.3 is 19.7 Å². The van der Waals surface area contributed by atoms with Gasteiger partial charge in [0.1, 0.15) is 23.8 Å². The number of ketones is 2. The molecule has 0 bridgehead atoms. The molecule has 0 amide bonds. The van der Waals surface area contributed by atoms with Gasteiger partial charge in [-0.15, -0.1) is 0 Å². The molecule has 0 unspecified atom stereocenters. The summed E-state index contributed by atoms with van der Waals surface area (Å²) in [5, 5.41) is 23.1. The lowest BCUT2D eigenvalue weighted by atomic mass is 9.43. The number of ether oxygens (including phenoxy) is 2. The molecule has 8 heteroatoms. The van der Waals surface area contributed by atoms with E-state index in [4.69, 9.17) is 9.47 Å². The maximum atomic E-state index is 12.5. The molecular weight excluding hydrogens is 632 g/mol. The average Bonchev–Trinajstić information content (AvgIpc) is 3.52. The second kappa shape index (κ2) is 12.4. The first-order valence-corrected chi connectivity index (χ1v) is 20.2. The van der Waals surface area contributed by atoms with Gasteiger partial charge in [-0.1, -0.05) is 27.7 Å². The lowest BCUT2D eigenvalue weighted by Gasteiger charge is -2.63. The molecule has 8 aliphatic carbocycles. The number of rotatable bonds is 2. The monoisotopic (exact) mass is 696 g/mol. The van der Waals surface area contributed by atoms with Crippen LogP contribution >= 0.6 is 0 Å². The lowest BCUT2D eigenvalue weighted by molar-refractivity contribution is -0.222. The predicted molar refractivity (Wildman–Crippen MR) is 187 cm³/mol. The van der Waals surface area contributed by atoms with Crippen molar-refractivity contribution in [3.8, 4) is 0 Å². The first kappa shape index (κ1) is 36.6. The molecule has 0 aromatic carbocycles. The van der Waals surface area contributed by atoms with Crippen LogP contribution in [0.2, 0.25) is 0 Å². The molecule has 8 rings (SSSR count). The van der Waals surface area contributed by atoms with Crippen molar-refractivity contribution in [3.05, 3.63) is 0 Å². The highest BCUT2D eigenvalue weighted by atomic mass is 16.5. The largest absolute Gasteiger partial charge is 0.462 e. The quantitative estimate of drug-likeness (QED) is 0.288. The number of esters is 2. The van der Waals surface area contributed by atoms with Crippen molar-refractivity contribution < 1.29 is 38.9 Å². The van der Waals surface area contributed by atoms with Gasteiger partial charge in [0.15, 0.2) is 0 Å². The molecule has 0 aromatic heterocycles. The third kappa shape index (κ3) is 5.40. The number of carbonyl (C=O) groups is 4. The minimum absolute atomic E-state index is 0.109. The van der Waals surface area contributed by atoms with E-state index in [9.17, 15) is 29.4 Å². The van der Waals surface area contributed by atoms with Crippen LogP contribution in [0, 0.1) is 57.2 Å². The molecule has 8 aliphatic rings. The molecule has 0 aliphatic heterocycles. The number of hydrogen-bond donors (Lipinski definition) is 2. The van der Waals surface area contributed by atoms with Crippen LogP contribution in [0.4, 0.5) is 0 Å². The Bertz CT molecular complexity index is 1310. The van der Waals surface area contributed by atoms with Gasteiger partial charge in [-0.25, -0.2) is 0 Å². The molecule has 8 saturated carbocycles. The zero-order valence-corrected chi connectivity index (χ0v) is 31.7. The summed E-state index contributed by atoms with van der Waals surface area (Å²) < 4.78 is 10.9. The van der Waals surface area contributed by atoms with E-state index in [1.54, 1.807) is 0 Å². The van der Waals surface area contributed by atoms with E-state index in [0.717, 1.165) is 103 Å². The smallest absolute Gasteiger partial charge is 0.302 e. The van der Waals surface area contributed by atoms with Crippen LogP contribution in [0.1, 0.15) is 157 Å². The highest BCUT2D eigenvalue weighted by molar-refractivity contribution is 5.87. The summed E-state index contributed by atoms with van der Waals surface area (Å²) in [6.07, 6.45) is 15.6. The Kier molecular flexibility index (Phi) is 9.05. The Labute approximate surface area is 299 Å². The summed E-state index contributed by atoms with van der Waals surface area (Å²) in [7, 11) is 0. The number of hydrogen-bond acceptors (Lipinski definition) is 8. The second-order valence-corrected chi connectivity index (χ2v) is 19.5. The van der Waals surface area contributed by atoms with Crippen molar-refractivity contribution in [2.45, 2.75) is 181 Å². The number of carbonyl (C=O) groups excluding carboxylic acids is 4. The zero-order valence-electron chi connectivity index (χ0n) is 31.7. The van der Waals surface area contributed by atoms with Crippen LogP contribution in [0.3, 0.4) is 0 Å². The van der Waals surface area contributed by atoms with E-state index in [-0.39, 0.29) is 45.8 Å². The molecule has 0 heterocycles. The first-order valence-electron chi connectivity index (χ1n) is 20.2. The number of aliphatic hydroxyl groups is 2. The maximum absolute atomic E-state index is 12.5. The fourth-order valence-corrected chi connectivity index (χ4v) is 14.6. The fraction of sp³-hybridized carbons (Fsp3) is 0.905. The van der Waals surface area contributed by atoms with Gasteiger partial charge in [-0.2, -0.15) is 0 Å². The Morgan fingerprint density at radius 2 is 0.920 bits per heavy atom. The van der Waals surface area contributed by atoms with E-state index >= 15 is 0 Å². The van der Waals surface area contributed by atoms with Crippen molar-refractivity contribution >= 4 is 23.5 Å². The van der Waals surface area contributed by atoms with Crippen molar-refractivity contribution in [1.82, 2.24) is 0 Å². The van der Waals surface area contributed by atoms with Crippen LogP contribution in [0.25, 0.3) is 0 Å². The third-order valence-electron chi connectivity index (χ3n) is 17.6. The minimum Gasteiger partial charge on any atom is -0.462 e. The standard InChI is InChI=1S/2C21H32O4/c2*1-13(22)25-14-6-10-20(3)17-8-9-19(2)16(4-5-18(19)23)15(17)7-11-21(20,24)12-14/h2*14-17,24H,4-12H2,1-3H3/t2*14-,15-,16-,17-,19-,20+,21-/m00/s1.